The van der Waals surface area contributed by atoms with Gasteiger partial charge in [0.05, 0.1) is 0 Å². The summed E-state index contributed by atoms with van der Waals surface area (Å²) in [6, 6.07) is 23.9. The van der Waals surface area contributed by atoms with Crippen LogP contribution in [0.3, 0.4) is 0 Å². The first-order valence-corrected chi connectivity index (χ1v) is 14.4. The van der Waals surface area contributed by atoms with E-state index in [1.165, 1.54) is 12.1 Å². The highest BCUT2D eigenvalue weighted by atomic mass is 19.4. The topological polar surface area (TPSA) is 114 Å². The minimum Gasteiger partial charge on any atom is -0.480 e. The molecule has 0 amide bonds. The maximum absolute atomic E-state index is 14.9. The number of carboxylic acid groups (broad SMARTS) is 1. The Labute approximate surface area is 252 Å². The Balaban J connectivity index is 1.32. The second-order valence-electron chi connectivity index (χ2n) is 11.5. The van der Waals surface area contributed by atoms with Crippen LogP contribution < -0.4 is 20.7 Å². The van der Waals surface area contributed by atoms with Crippen molar-refractivity contribution in [3.63, 3.8) is 0 Å². The first-order chi connectivity index (χ1) is 21.1. The summed E-state index contributed by atoms with van der Waals surface area (Å²) in [6.45, 7) is 1.70. The van der Waals surface area contributed by atoms with Crippen LogP contribution in [0.1, 0.15) is 30.9 Å². The van der Waals surface area contributed by atoms with E-state index in [1.807, 2.05) is 35.2 Å². The van der Waals surface area contributed by atoms with E-state index < -0.39 is 24.3 Å². The SMILES string of the molecule is Nc1nc(O[C@H](c2cc(-c3ccccc3)ccc2-c2ccccc2)C(F)(F)F)cc(N2CCC3(CC2)CN[C@H](C(=O)O)C3)n1. The number of anilines is 2. The summed E-state index contributed by atoms with van der Waals surface area (Å²) < 4.78 is 50.3. The number of hydrogen-bond donors (Lipinski definition) is 3. The number of aromatic nitrogens is 2. The molecule has 228 valence electrons. The van der Waals surface area contributed by atoms with Gasteiger partial charge >= 0.3 is 12.1 Å². The van der Waals surface area contributed by atoms with Gasteiger partial charge in [0, 0.05) is 31.3 Å². The molecule has 11 heteroatoms. The van der Waals surface area contributed by atoms with Crippen molar-refractivity contribution in [2.45, 2.75) is 37.6 Å². The Morgan fingerprint density at radius 1 is 0.955 bits per heavy atom. The van der Waals surface area contributed by atoms with Gasteiger partial charge in [0.25, 0.3) is 0 Å². The molecule has 1 aromatic heterocycles. The zero-order valence-electron chi connectivity index (χ0n) is 23.8. The van der Waals surface area contributed by atoms with Gasteiger partial charge < -0.3 is 25.8 Å². The van der Waals surface area contributed by atoms with E-state index in [0.29, 0.717) is 61.4 Å². The van der Waals surface area contributed by atoms with E-state index in [-0.39, 0.29) is 22.8 Å². The second kappa shape index (κ2) is 11.8. The normalized spacial score (nSPS) is 18.7. The van der Waals surface area contributed by atoms with E-state index in [4.69, 9.17) is 10.5 Å². The lowest BCUT2D eigenvalue weighted by Crippen LogP contribution is -2.41. The molecule has 6 rings (SSSR count). The number of carbonyl (C=O) groups is 1. The predicted molar refractivity (Wildman–Crippen MR) is 161 cm³/mol. The molecule has 2 aliphatic rings. The molecule has 44 heavy (non-hydrogen) atoms. The van der Waals surface area contributed by atoms with Gasteiger partial charge in [0.2, 0.25) is 17.9 Å². The van der Waals surface area contributed by atoms with Crippen LogP contribution in [0.25, 0.3) is 22.3 Å². The molecule has 2 atom stereocenters. The molecule has 0 saturated carbocycles. The van der Waals surface area contributed by atoms with Gasteiger partial charge in [-0.25, -0.2) is 0 Å². The fraction of sp³-hybridized carbons (Fsp3) is 0.303. The van der Waals surface area contributed by atoms with Gasteiger partial charge in [-0.1, -0.05) is 72.8 Å². The van der Waals surface area contributed by atoms with Crippen LogP contribution >= 0.6 is 0 Å². The van der Waals surface area contributed by atoms with Crippen LogP contribution in [0, 0.1) is 5.41 Å². The highest BCUT2D eigenvalue weighted by molar-refractivity contribution is 5.75. The molecular weight excluding hydrogens is 571 g/mol. The van der Waals surface area contributed by atoms with Crippen LogP contribution in [-0.2, 0) is 4.79 Å². The lowest BCUT2D eigenvalue weighted by molar-refractivity contribution is -0.198. The van der Waals surface area contributed by atoms with Crippen molar-refractivity contribution >= 4 is 17.7 Å². The Bertz CT molecular complexity index is 1630. The van der Waals surface area contributed by atoms with Crippen molar-refractivity contribution < 1.29 is 27.8 Å². The number of nitrogens with zero attached hydrogens (tertiary/aromatic N) is 3. The number of ether oxygens (including phenoxy) is 1. The zero-order chi connectivity index (χ0) is 30.9. The summed E-state index contributed by atoms with van der Waals surface area (Å²) in [4.78, 5) is 21.7. The van der Waals surface area contributed by atoms with Gasteiger partial charge in [0.15, 0.2) is 0 Å². The molecule has 0 radical (unpaired) electrons. The number of benzene rings is 3. The number of piperidine rings is 1. The number of alkyl halides is 3. The Hall–Kier alpha value is -4.64. The fourth-order valence-electron chi connectivity index (χ4n) is 6.23. The number of aliphatic carboxylic acids is 1. The fourth-order valence-corrected chi connectivity index (χ4v) is 6.23. The molecule has 4 aromatic rings. The molecule has 0 bridgehead atoms. The van der Waals surface area contributed by atoms with Crippen molar-refractivity contribution in [3.05, 3.63) is 90.5 Å². The van der Waals surface area contributed by atoms with Crippen molar-refractivity contribution in [3.8, 4) is 28.1 Å². The van der Waals surface area contributed by atoms with Crippen molar-refractivity contribution in [1.82, 2.24) is 15.3 Å². The Kier molecular flexibility index (Phi) is 7.89. The van der Waals surface area contributed by atoms with E-state index >= 15 is 0 Å². The Morgan fingerprint density at radius 2 is 1.61 bits per heavy atom. The average Bonchev–Trinajstić information content (AvgIpc) is 3.44. The highest BCUT2D eigenvalue weighted by Crippen LogP contribution is 2.44. The quantitative estimate of drug-likeness (QED) is 0.232. The van der Waals surface area contributed by atoms with E-state index in [2.05, 4.69) is 15.3 Å². The van der Waals surface area contributed by atoms with Gasteiger partial charge in [0.1, 0.15) is 11.9 Å². The average molecular weight is 604 g/mol. The molecule has 8 nitrogen and oxygen atoms in total. The maximum Gasteiger partial charge on any atom is 0.429 e. The number of hydrogen-bond acceptors (Lipinski definition) is 7. The largest absolute Gasteiger partial charge is 0.480 e. The third-order valence-electron chi connectivity index (χ3n) is 8.58. The van der Waals surface area contributed by atoms with Crippen LogP contribution in [0.15, 0.2) is 84.9 Å². The number of nitrogens with two attached hydrogens (primary N) is 1. The van der Waals surface area contributed by atoms with Gasteiger partial charge in [-0.05, 0) is 53.0 Å². The molecule has 2 fully saturated rings. The number of nitrogen functional groups attached to an aromatic ring is 1. The maximum atomic E-state index is 14.9. The number of nitrogens with one attached hydrogen (secondary N) is 1. The number of carboxylic acids is 1. The van der Waals surface area contributed by atoms with Gasteiger partial charge in [-0.3, -0.25) is 4.79 Å². The molecule has 0 unspecified atom stereocenters. The van der Waals surface area contributed by atoms with Crippen molar-refractivity contribution in [2.75, 3.05) is 30.3 Å². The van der Waals surface area contributed by atoms with Crippen LogP contribution in [0.2, 0.25) is 0 Å². The summed E-state index contributed by atoms with van der Waals surface area (Å²) in [7, 11) is 0. The summed E-state index contributed by atoms with van der Waals surface area (Å²) in [5.74, 6) is -0.981. The van der Waals surface area contributed by atoms with Crippen LogP contribution in [0.4, 0.5) is 24.9 Å². The third kappa shape index (κ3) is 6.19. The Morgan fingerprint density at radius 3 is 2.23 bits per heavy atom. The van der Waals surface area contributed by atoms with Gasteiger partial charge in [-0.15, -0.1) is 0 Å². The third-order valence-corrected chi connectivity index (χ3v) is 8.58. The monoisotopic (exact) mass is 603 g/mol. The van der Waals surface area contributed by atoms with Crippen LogP contribution in [-0.4, -0.2) is 52.9 Å². The molecule has 0 aliphatic carbocycles. The van der Waals surface area contributed by atoms with E-state index in [0.717, 1.165) is 5.56 Å². The first kappa shape index (κ1) is 29.4. The smallest absolute Gasteiger partial charge is 0.429 e. The second-order valence-corrected chi connectivity index (χ2v) is 11.5. The number of halogens is 3. The zero-order valence-corrected chi connectivity index (χ0v) is 23.8. The molecular formula is C33H32F3N5O3. The van der Waals surface area contributed by atoms with Crippen molar-refractivity contribution in [1.29, 1.82) is 0 Å². The molecule has 2 saturated heterocycles. The molecule has 3 heterocycles. The lowest BCUT2D eigenvalue weighted by Gasteiger charge is -2.39. The predicted octanol–water partition coefficient (Wildman–Crippen LogP) is 6.11. The molecule has 2 aliphatic heterocycles. The van der Waals surface area contributed by atoms with E-state index in [9.17, 15) is 23.1 Å². The highest BCUT2D eigenvalue weighted by Gasteiger charge is 2.46. The summed E-state index contributed by atoms with van der Waals surface area (Å²) in [5, 5.41) is 12.5. The van der Waals surface area contributed by atoms with Crippen LogP contribution in [0.5, 0.6) is 5.88 Å². The standard InChI is InChI=1S/C33H32F3N5O3/c34-33(35,36)29(25-17-23(21-7-3-1-4-8-21)11-12-24(25)22-9-5-2-6-10-22)44-28-18-27(39-31(37)40-28)41-15-13-32(14-16-41)19-26(30(42)43)38-20-32/h1-12,17-18,26,29,38H,13-16,19-20H2,(H,42,43)(H2,37,39,40)/t26-,29+/m0/s1. The minimum absolute atomic E-state index is 0.0505. The summed E-state index contributed by atoms with van der Waals surface area (Å²) in [6.07, 6.45) is -5.17. The summed E-state index contributed by atoms with van der Waals surface area (Å²) in [5.41, 5.74) is 8.21. The van der Waals surface area contributed by atoms with Crippen molar-refractivity contribution in [2.24, 2.45) is 5.41 Å². The number of rotatable bonds is 7. The molecule has 1 spiro atoms. The first-order valence-electron chi connectivity index (χ1n) is 14.4. The molecule has 4 N–H and O–H groups in total. The minimum atomic E-state index is -4.79. The summed E-state index contributed by atoms with van der Waals surface area (Å²) >= 11 is 0. The van der Waals surface area contributed by atoms with Gasteiger partial charge in [-0.2, -0.15) is 23.1 Å². The lowest BCUT2D eigenvalue weighted by atomic mass is 9.76. The van der Waals surface area contributed by atoms with E-state index in [1.54, 1.807) is 42.5 Å². The molecule has 3 aromatic carbocycles.